The quantitative estimate of drug-likeness (QED) is 0.771. The van der Waals surface area contributed by atoms with Crippen molar-refractivity contribution in [2.75, 3.05) is 16.8 Å². The molecule has 2 aliphatic carbocycles. The number of aliphatic carboxylic acids is 1. The summed E-state index contributed by atoms with van der Waals surface area (Å²) in [7, 11) is 0. The highest BCUT2D eigenvalue weighted by Crippen LogP contribution is 2.42. The Kier molecular flexibility index (Phi) is 4.74. The summed E-state index contributed by atoms with van der Waals surface area (Å²) in [6, 6.07) is 8.50. The van der Waals surface area contributed by atoms with Gasteiger partial charge in [0, 0.05) is 18.6 Å². The highest BCUT2D eigenvalue weighted by molar-refractivity contribution is 5.93. The lowest BCUT2D eigenvalue weighted by atomic mass is 9.86. The largest absolute Gasteiger partial charge is 0.481 e. The van der Waals surface area contributed by atoms with Gasteiger partial charge in [-0.3, -0.25) is 4.79 Å². The Balaban J connectivity index is 1.36. The topological polar surface area (TPSA) is 81.7 Å². The molecule has 1 heterocycles. The second-order valence-corrected chi connectivity index (χ2v) is 7.99. The Morgan fingerprint density at radius 2 is 1.81 bits per heavy atom. The monoisotopic (exact) mass is 357 g/mol. The third-order valence-electron chi connectivity index (χ3n) is 6.28. The number of carboxylic acid groups (broad SMARTS) is 1. The van der Waals surface area contributed by atoms with Gasteiger partial charge in [-0.2, -0.15) is 0 Å². The standard InChI is InChI=1S/C20H27N3O3/c24-19(25)14-6-8-15(9-7-14)21-20(26)22-17-3-1-2-4-18(17)23-12-13-5-10-16(23)11-13/h1-4,13-16H,5-12H2,(H,24,25)(H2,21,22,26). The van der Waals surface area contributed by atoms with E-state index in [9.17, 15) is 9.59 Å². The molecule has 2 unspecified atom stereocenters. The summed E-state index contributed by atoms with van der Waals surface area (Å²) in [6.07, 6.45) is 6.56. The van der Waals surface area contributed by atoms with Crippen molar-refractivity contribution < 1.29 is 14.7 Å². The molecular formula is C20H27N3O3. The highest BCUT2D eigenvalue weighted by atomic mass is 16.4. The molecule has 140 valence electrons. The lowest BCUT2D eigenvalue weighted by Gasteiger charge is -2.31. The van der Waals surface area contributed by atoms with Crippen molar-refractivity contribution in [3.05, 3.63) is 24.3 Å². The van der Waals surface area contributed by atoms with Crippen molar-refractivity contribution >= 4 is 23.4 Å². The zero-order valence-corrected chi connectivity index (χ0v) is 15.0. The molecule has 1 aromatic rings. The number of anilines is 2. The van der Waals surface area contributed by atoms with Crippen molar-refractivity contribution in [2.24, 2.45) is 11.8 Å². The van der Waals surface area contributed by atoms with Crippen molar-refractivity contribution in [2.45, 2.75) is 57.0 Å². The first kappa shape index (κ1) is 17.2. The molecule has 0 spiro atoms. The van der Waals surface area contributed by atoms with E-state index in [2.05, 4.69) is 21.6 Å². The molecule has 1 saturated heterocycles. The number of urea groups is 1. The van der Waals surface area contributed by atoms with E-state index in [1.165, 1.54) is 19.3 Å². The molecule has 6 nitrogen and oxygen atoms in total. The molecule has 26 heavy (non-hydrogen) atoms. The summed E-state index contributed by atoms with van der Waals surface area (Å²) in [5.74, 6) is -0.185. The predicted molar refractivity (Wildman–Crippen MR) is 100 cm³/mol. The summed E-state index contributed by atoms with van der Waals surface area (Å²) < 4.78 is 0. The number of benzene rings is 1. The van der Waals surface area contributed by atoms with Crippen molar-refractivity contribution in [3.63, 3.8) is 0 Å². The molecule has 2 bridgehead atoms. The first-order valence-corrected chi connectivity index (χ1v) is 9.76. The summed E-state index contributed by atoms with van der Waals surface area (Å²) in [5, 5.41) is 15.1. The van der Waals surface area contributed by atoms with Crippen LogP contribution in [0.4, 0.5) is 16.2 Å². The predicted octanol–water partition coefficient (Wildman–Crippen LogP) is 3.44. The summed E-state index contributed by atoms with van der Waals surface area (Å²) >= 11 is 0. The first-order chi connectivity index (χ1) is 12.6. The van der Waals surface area contributed by atoms with E-state index in [1.54, 1.807) is 0 Å². The van der Waals surface area contributed by atoms with Gasteiger partial charge >= 0.3 is 12.0 Å². The van der Waals surface area contributed by atoms with Crippen LogP contribution >= 0.6 is 0 Å². The van der Waals surface area contributed by atoms with Gasteiger partial charge < -0.3 is 20.6 Å². The third kappa shape index (κ3) is 3.50. The Labute approximate surface area is 153 Å². The van der Waals surface area contributed by atoms with Crippen LogP contribution in [0.3, 0.4) is 0 Å². The van der Waals surface area contributed by atoms with Crippen LogP contribution in [0.1, 0.15) is 44.9 Å². The average molecular weight is 357 g/mol. The van der Waals surface area contributed by atoms with E-state index in [0.717, 1.165) is 36.7 Å². The molecule has 6 heteroatoms. The van der Waals surface area contributed by atoms with Crippen LogP contribution in [0.25, 0.3) is 0 Å². The molecule has 2 atom stereocenters. The number of carboxylic acids is 1. The minimum absolute atomic E-state index is 0.0561. The zero-order valence-electron chi connectivity index (χ0n) is 15.0. The lowest BCUT2D eigenvalue weighted by Crippen LogP contribution is -2.41. The Bertz CT molecular complexity index is 685. The summed E-state index contributed by atoms with van der Waals surface area (Å²) in [4.78, 5) is 25.9. The van der Waals surface area contributed by atoms with Gasteiger partial charge in [-0.15, -0.1) is 0 Å². The SMILES string of the molecule is O=C(Nc1ccccc1N1CC2CCC1C2)NC1CCC(C(=O)O)CC1. The second-order valence-electron chi connectivity index (χ2n) is 7.99. The highest BCUT2D eigenvalue weighted by Gasteiger charge is 2.38. The van der Waals surface area contributed by atoms with Gasteiger partial charge in [-0.25, -0.2) is 4.79 Å². The molecule has 3 aliphatic rings. The molecule has 4 rings (SSSR count). The maximum atomic E-state index is 12.5. The molecule has 0 radical (unpaired) electrons. The number of nitrogens with zero attached hydrogens (tertiary/aromatic N) is 1. The normalized spacial score (nSPS) is 30.2. The van der Waals surface area contributed by atoms with Crippen LogP contribution in [-0.2, 0) is 4.79 Å². The Morgan fingerprint density at radius 3 is 2.46 bits per heavy atom. The fraction of sp³-hybridized carbons (Fsp3) is 0.600. The minimum atomic E-state index is -0.721. The number of amides is 2. The molecule has 0 aromatic heterocycles. The number of hydrogen-bond acceptors (Lipinski definition) is 3. The van der Waals surface area contributed by atoms with Crippen LogP contribution in [0, 0.1) is 11.8 Å². The van der Waals surface area contributed by atoms with Gasteiger partial charge in [0.1, 0.15) is 0 Å². The maximum absolute atomic E-state index is 12.5. The number of piperidine rings is 1. The molecule has 1 aliphatic heterocycles. The number of hydrogen-bond donors (Lipinski definition) is 3. The summed E-state index contributed by atoms with van der Waals surface area (Å²) in [5.41, 5.74) is 1.97. The number of fused-ring (bicyclic) bond motifs is 2. The van der Waals surface area contributed by atoms with E-state index in [-0.39, 0.29) is 18.0 Å². The van der Waals surface area contributed by atoms with E-state index in [1.807, 2.05) is 18.2 Å². The smallest absolute Gasteiger partial charge is 0.319 e. The van der Waals surface area contributed by atoms with Gasteiger partial charge in [-0.1, -0.05) is 12.1 Å². The van der Waals surface area contributed by atoms with Crippen LogP contribution in [0.2, 0.25) is 0 Å². The van der Waals surface area contributed by atoms with Crippen LogP contribution in [0.5, 0.6) is 0 Å². The van der Waals surface area contributed by atoms with Gasteiger partial charge in [0.2, 0.25) is 0 Å². The maximum Gasteiger partial charge on any atom is 0.319 e. The van der Waals surface area contributed by atoms with Crippen LogP contribution in [-0.4, -0.2) is 35.7 Å². The molecular weight excluding hydrogens is 330 g/mol. The number of para-hydroxylation sites is 2. The third-order valence-corrected chi connectivity index (χ3v) is 6.28. The van der Waals surface area contributed by atoms with Crippen molar-refractivity contribution in [1.82, 2.24) is 5.32 Å². The molecule has 3 fully saturated rings. The van der Waals surface area contributed by atoms with Crippen LogP contribution in [0.15, 0.2) is 24.3 Å². The number of carbonyl (C=O) groups is 2. The van der Waals surface area contributed by atoms with Gasteiger partial charge in [0.15, 0.2) is 0 Å². The van der Waals surface area contributed by atoms with Crippen molar-refractivity contribution in [1.29, 1.82) is 0 Å². The first-order valence-electron chi connectivity index (χ1n) is 9.76. The van der Waals surface area contributed by atoms with Gasteiger partial charge in [0.05, 0.1) is 17.3 Å². The minimum Gasteiger partial charge on any atom is -0.481 e. The average Bonchev–Trinajstić information content (AvgIpc) is 3.26. The van der Waals surface area contributed by atoms with E-state index in [0.29, 0.717) is 18.9 Å². The Hall–Kier alpha value is -2.24. The molecule has 2 saturated carbocycles. The van der Waals surface area contributed by atoms with Crippen LogP contribution < -0.4 is 15.5 Å². The van der Waals surface area contributed by atoms with E-state index < -0.39 is 5.97 Å². The summed E-state index contributed by atoms with van der Waals surface area (Å²) in [6.45, 7) is 1.09. The zero-order chi connectivity index (χ0) is 18.1. The van der Waals surface area contributed by atoms with Crippen molar-refractivity contribution in [3.8, 4) is 0 Å². The fourth-order valence-corrected chi connectivity index (χ4v) is 4.88. The van der Waals surface area contributed by atoms with Gasteiger partial charge in [0.25, 0.3) is 0 Å². The molecule has 3 N–H and O–H groups in total. The lowest BCUT2D eigenvalue weighted by molar-refractivity contribution is -0.142. The number of carbonyl (C=O) groups excluding carboxylic acids is 1. The number of nitrogens with one attached hydrogen (secondary N) is 2. The van der Waals surface area contributed by atoms with E-state index in [4.69, 9.17) is 5.11 Å². The second kappa shape index (κ2) is 7.17. The van der Waals surface area contributed by atoms with E-state index >= 15 is 0 Å². The molecule has 2 amide bonds. The fourth-order valence-electron chi connectivity index (χ4n) is 4.88. The molecule has 1 aromatic carbocycles. The number of rotatable bonds is 4. The van der Waals surface area contributed by atoms with Gasteiger partial charge in [-0.05, 0) is 63.0 Å². The Morgan fingerprint density at radius 1 is 1.04 bits per heavy atom.